The number of aromatic amines is 1. The lowest BCUT2D eigenvalue weighted by atomic mass is 9.70. The van der Waals surface area contributed by atoms with Gasteiger partial charge in [-0.3, -0.25) is 39.0 Å². The number of anilines is 1. The van der Waals surface area contributed by atoms with Gasteiger partial charge in [0.1, 0.15) is 6.04 Å². The molecule has 2 saturated heterocycles. The monoisotopic (exact) mass is 798 g/mol. The van der Waals surface area contributed by atoms with Crippen molar-refractivity contribution in [2.45, 2.75) is 88.5 Å². The molecule has 0 spiro atoms. The molecule has 298 valence electrons. The van der Waals surface area contributed by atoms with Gasteiger partial charge in [0.25, 0.3) is 11.8 Å². The van der Waals surface area contributed by atoms with Crippen LogP contribution in [0, 0.1) is 11.3 Å². The molecule has 3 aliphatic heterocycles. The number of piperazine rings is 1. The number of carbonyl (C=O) groups excluding carboxylic acids is 6. The predicted octanol–water partition coefficient (Wildman–Crippen LogP) is 6.26. The van der Waals surface area contributed by atoms with Gasteiger partial charge in [0.2, 0.25) is 17.7 Å². The first-order valence-electron chi connectivity index (χ1n) is 20.2. The zero-order valence-electron chi connectivity index (χ0n) is 33.0. The molecule has 4 aliphatic rings. The minimum atomic E-state index is -0.989. The molecule has 0 saturated carbocycles. The Bertz CT molecular complexity index is 2450. The summed E-state index contributed by atoms with van der Waals surface area (Å²) in [5, 5.41) is 12.5. The fraction of sp³-hybridized carbons (Fsp3) is 0.400. The second kappa shape index (κ2) is 15.5. The molecular formula is C45H46N6O6S. The smallest absolute Gasteiger partial charge is 0.263 e. The number of carbonyl (C=O) groups is 6. The van der Waals surface area contributed by atoms with Gasteiger partial charge >= 0.3 is 0 Å². The highest BCUT2D eigenvalue weighted by atomic mass is 32.2. The van der Waals surface area contributed by atoms with Crippen molar-refractivity contribution in [3.8, 4) is 6.07 Å². The number of benzene rings is 3. The van der Waals surface area contributed by atoms with Crippen molar-refractivity contribution >= 4 is 63.7 Å². The molecule has 1 unspecified atom stereocenters. The first kappa shape index (κ1) is 39.1. The number of aryl methyl sites for hydroxylation is 1. The minimum absolute atomic E-state index is 0.00401. The lowest BCUT2D eigenvalue weighted by Gasteiger charge is -2.39. The molecule has 13 heteroatoms. The van der Waals surface area contributed by atoms with Gasteiger partial charge in [0.05, 0.1) is 28.3 Å². The molecular weight excluding hydrogens is 753 g/mol. The lowest BCUT2D eigenvalue weighted by molar-refractivity contribution is -0.136. The Hall–Kier alpha value is -5.74. The maximum absolute atomic E-state index is 14.1. The van der Waals surface area contributed by atoms with Crippen LogP contribution < -0.4 is 10.2 Å². The van der Waals surface area contributed by atoms with Crippen molar-refractivity contribution in [1.82, 2.24) is 20.1 Å². The fourth-order valence-corrected chi connectivity index (χ4v) is 10.1. The highest BCUT2D eigenvalue weighted by Gasteiger charge is 2.46. The molecule has 1 aliphatic carbocycles. The van der Waals surface area contributed by atoms with Crippen LogP contribution in [0.1, 0.15) is 125 Å². The van der Waals surface area contributed by atoms with Crippen LogP contribution in [0.2, 0.25) is 0 Å². The Balaban J connectivity index is 0.820. The summed E-state index contributed by atoms with van der Waals surface area (Å²) in [6, 6.07) is 16.1. The van der Waals surface area contributed by atoms with Crippen molar-refractivity contribution in [1.29, 1.82) is 5.26 Å². The summed E-state index contributed by atoms with van der Waals surface area (Å²) >= 11 is 1.51. The third kappa shape index (κ3) is 6.77. The number of nitrogens with zero attached hydrogens (tertiary/aromatic N) is 4. The second-order valence-corrected chi connectivity index (χ2v) is 17.2. The maximum Gasteiger partial charge on any atom is 0.263 e. The quantitative estimate of drug-likeness (QED) is 0.101. The van der Waals surface area contributed by atoms with Crippen LogP contribution >= 0.6 is 11.8 Å². The maximum atomic E-state index is 14.1. The first-order valence-corrected chi connectivity index (χ1v) is 21.2. The number of fused-ring (bicyclic) bond motifs is 5. The van der Waals surface area contributed by atoms with E-state index < -0.39 is 35.1 Å². The molecule has 2 N–H and O–H groups in total. The normalized spacial score (nSPS) is 18.6. The number of rotatable bonds is 11. The largest absolute Gasteiger partial charge is 0.368 e. The van der Waals surface area contributed by atoms with Crippen molar-refractivity contribution in [3.05, 3.63) is 93.2 Å². The van der Waals surface area contributed by atoms with E-state index >= 15 is 0 Å². The third-order valence-electron chi connectivity index (χ3n) is 12.2. The van der Waals surface area contributed by atoms with Gasteiger partial charge in [-0.25, -0.2) is 0 Å². The number of imide groups is 2. The predicted molar refractivity (Wildman–Crippen MR) is 220 cm³/mol. The molecule has 4 aromatic rings. The number of ketones is 1. The minimum Gasteiger partial charge on any atom is -0.368 e. The average molecular weight is 799 g/mol. The number of aromatic nitrogens is 1. The molecule has 3 aromatic carbocycles. The van der Waals surface area contributed by atoms with Crippen molar-refractivity contribution in [2.75, 3.05) is 36.8 Å². The Morgan fingerprint density at radius 1 is 0.914 bits per heavy atom. The van der Waals surface area contributed by atoms with E-state index in [4.69, 9.17) is 0 Å². The fourth-order valence-electron chi connectivity index (χ4n) is 9.03. The summed E-state index contributed by atoms with van der Waals surface area (Å²) in [6.07, 6.45) is 4.97. The van der Waals surface area contributed by atoms with E-state index in [1.807, 2.05) is 17.0 Å². The molecule has 58 heavy (non-hydrogen) atoms. The molecule has 1 aromatic heterocycles. The van der Waals surface area contributed by atoms with Crippen LogP contribution in [0.15, 0.2) is 53.4 Å². The molecule has 0 bridgehead atoms. The van der Waals surface area contributed by atoms with Crippen LogP contribution in [0.5, 0.6) is 0 Å². The number of nitrogens with one attached hydrogen (secondary N) is 2. The van der Waals surface area contributed by atoms with Gasteiger partial charge in [0, 0.05) is 77.2 Å². The number of hydrogen-bond acceptors (Lipinski definition) is 9. The SMILES string of the molecule is CCc1cc2c(cc1N1CCN(C(=O)CCCCCCSc3cccc4c3C(=O)N(C3CCC(=O)NC3=O)C4=O)CC1)C(C)(C)c1[nH]c3cc(C#N)ccc3c1C2=O. The summed E-state index contributed by atoms with van der Waals surface area (Å²) < 4.78 is 0. The van der Waals surface area contributed by atoms with Gasteiger partial charge in [-0.05, 0) is 79.0 Å². The van der Waals surface area contributed by atoms with Gasteiger partial charge in [-0.15, -0.1) is 11.8 Å². The third-order valence-corrected chi connectivity index (χ3v) is 13.4. The number of amides is 5. The van der Waals surface area contributed by atoms with Crippen LogP contribution in [-0.4, -0.2) is 88.1 Å². The number of nitriles is 1. The van der Waals surface area contributed by atoms with Gasteiger partial charge in [-0.1, -0.05) is 45.7 Å². The molecule has 4 heterocycles. The number of unbranched alkanes of at least 4 members (excludes halogenated alkanes) is 3. The van der Waals surface area contributed by atoms with Crippen LogP contribution in [0.3, 0.4) is 0 Å². The Morgan fingerprint density at radius 2 is 1.69 bits per heavy atom. The topological polar surface area (TPSA) is 164 Å². The second-order valence-electron chi connectivity index (χ2n) is 16.1. The van der Waals surface area contributed by atoms with Crippen LogP contribution in [-0.2, 0) is 26.2 Å². The van der Waals surface area contributed by atoms with Crippen LogP contribution in [0.25, 0.3) is 10.9 Å². The average Bonchev–Trinajstić information content (AvgIpc) is 3.74. The van der Waals surface area contributed by atoms with Gasteiger partial charge in [0.15, 0.2) is 5.78 Å². The number of hydrogen-bond donors (Lipinski definition) is 2. The van der Waals surface area contributed by atoms with E-state index in [9.17, 15) is 34.0 Å². The molecule has 0 radical (unpaired) electrons. The highest BCUT2D eigenvalue weighted by Crippen LogP contribution is 2.46. The van der Waals surface area contributed by atoms with E-state index in [1.165, 1.54) is 11.8 Å². The number of thioether (sulfide) groups is 1. The Labute approximate surface area is 341 Å². The van der Waals surface area contributed by atoms with E-state index in [-0.39, 0.29) is 30.1 Å². The summed E-state index contributed by atoms with van der Waals surface area (Å²) in [6.45, 7) is 9.08. The standard InChI is InChI=1S/C45H46N6O6S/c1-4-27-23-30-31(45(2,3)41-39(40(30)54)28-14-13-26(25-46)22-32(28)47-41)24-34(27)49-17-19-50(20-18-49)37(53)12-7-5-6-8-21-58-35-11-9-10-29-38(35)44(57)51(43(29)56)33-15-16-36(52)48-42(33)55/h9-11,13-14,22-24,33,47H,4-8,12,15-21H2,1-3H3,(H,48,52,55). The van der Waals surface area contributed by atoms with E-state index in [0.717, 1.165) is 81.7 Å². The Morgan fingerprint density at radius 3 is 2.43 bits per heavy atom. The zero-order valence-corrected chi connectivity index (χ0v) is 33.9. The Kier molecular flexibility index (Phi) is 10.5. The van der Waals surface area contributed by atoms with Gasteiger partial charge in [-0.2, -0.15) is 5.26 Å². The van der Waals surface area contributed by atoms with Crippen LogP contribution in [0.4, 0.5) is 5.69 Å². The molecule has 5 amide bonds. The zero-order chi connectivity index (χ0) is 40.9. The molecule has 1 atom stereocenters. The van der Waals surface area contributed by atoms with Crippen molar-refractivity contribution in [2.24, 2.45) is 0 Å². The lowest BCUT2D eigenvalue weighted by Crippen LogP contribution is -2.54. The van der Waals surface area contributed by atoms with E-state index in [0.29, 0.717) is 54.2 Å². The highest BCUT2D eigenvalue weighted by molar-refractivity contribution is 7.99. The van der Waals surface area contributed by atoms with E-state index in [2.05, 4.69) is 54.2 Å². The summed E-state index contributed by atoms with van der Waals surface area (Å²) in [4.78, 5) is 87.4. The summed E-state index contributed by atoms with van der Waals surface area (Å²) in [7, 11) is 0. The summed E-state index contributed by atoms with van der Waals surface area (Å²) in [5.74, 6) is -1.11. The van der Waals surface area contributed by atoms with Crippen molar-refractivity contribution < 1.29 is 28.8 Å². The van der Waals surface area contributed by atoms with Gasteiger partial charge < -0.3 is 14.8 Å². The first-order chi connectivity index (χ1) is 27.9. The van der Waals surface area contributed by atoms with E-state index in [1.54, 1.807) is 24.3 Å². The molecule has 12 nitrogen and oxygen atoms in total. The summed E-state index contributed by atoms with van der Waals surface area (Å²) in [5.41, 5.74) is 6.97. The molecule has 2 fully saturated rings. The number of H-pyrrole nitrogens is 1. The molecule has 8 rings (SSSR count). The van der Waals surface area contributed by atoms with Crippen molar-refractivity contribution in [3.63, 3.8) is 0 Å². The number of piperidine rings is 1.